The maximum absolute atomic E-state index is 13.6. The first-order valence-corrected chi connectivity index (χ1v) is 5.80. The lowest BCUT2D eigenvalue weighted by atomic mass is 10.2. The van der Waals surface area contributed by atoms with Gasteiger partial charge in [-0.1, -0.05) is 6.07 Å². The van der Waals surface area contributed by atoms with E-state index in [9.17, 15) is 23.3 Å². The van der Waals surface area contributed by atoms with Gasteiger partial charge in [0, 0.05) is 19.2 Å². The summed E-state index contributed by atoms with van der Waals surface area (Å²) in [5.41, 5.74) is -0.570. The number of nitro groups is 1. The molecule has 2 N–H and O–H groups in total. The minimum atomic E-state index is -1.34. The summed E-state index contributed by atoms with van der Waals surface area (Å²) in [6.45, 7) is 0. The van der Waals surface area contributed by atoms with E-state index in [-0.39, 0.29) is 17.1 Å². The smallest absolute Gasteiger partial charge is 0.315 e. The van der Waals surface area contributed by atoms with Crippen LogP contribution < -0.4 is 10.6 Å². The first-order valence-electron chi connectivity index (χ1n) is 5.80. The van der Waals surface area contributed by atoms with E-state index in [1.54, 1.807) is 0 Å². The summed E-state index contributed by atoms with van der Waals surface area (Å²) in [6, 6.07) is 5.26. The van der Waals surface area contributed by atoms with Gasteiger partial charge < -0.3 is 10.6 Å². The summed E-state index contributed by atoms with van der Waals surface area (Å²) < 4.78 is 39.6. The number of nitrogens with zero attached hydrogens (tertiary/aromatic N) is 1. The number of hydrogen-bond acceptors (Lipinski definition) is 4. The molecule has 0 aliphatic rings. The lowest BCUT2D eigenvalue weighted by Gasteiger charge is -2.11. The third kappa shape index (κ3) is 2.88. The molecule has 21 heavy (non-hydrogen) atoms. The Hall–Kier alpha value is -2.77. The van der Waals surface area contributed by atoms with Crippen LogP contribution in [0.3, 0.4) is 0 Å². The van der Waals surface area contributed by atoms with E-state index >= 15 is 0 Å². The fraction of sp³-hybridized carbons (Fsp3) is 0.0769. The minimum Gasteiger partial charge on any atom is -0.382 e. The summed E-state index contributed by atoms with van der Waals surface area (Å²) >= 11 is 0. The number of rotatable bonds is 4. The van der Waals surface area contributed by atoms with Crippen LogP contribution in [0.15, 0.2) is 30.3 Å². The summed E-state index contributed by atoms with van der Waals surface area (Å²) in [6.07, 6.45) is 0. The molecule has 2 aromatic rings. The number of benzene rings is 2. The third-order valence-electron chi connectivity index (χ3n) is 2.77. The first-order chi connectivity index (χ1) is 9.93. The van der Waals surface area contributed by atoms with Crippen LogP contribution >= 0.6 is 0 Å². The van der Waals surface area contributed by atoms with Gasteiger partial charge in [0.25, 0.3) is 0 Å². The summed E-state index contributed by atoms with van der Waals surface area (Å²) in [7, 11) is 1.49. The van der Waals surface area contributed by atoms with Crippen molar-refractivity contribution in [3.8, 4) is 0 Å². The SMILES string of the molecule is CNc1cccc(Nc2cc(F)c(F)cc2F)c1[N+](=O)[O-]. The van der Waals surface area contributed by atoms with E-state index in [4.69, 9.17) is 0 Å². The zero-order valence-electron chi connectivity index (χ0n) is 10.8. The van der Waals surface area contributed by atoms with Crippen LogP contribution in [-0.2, 0) is 0 Å². The Morgan fingerprint density at radius 3 is 2.24 bits per heavy atom. The van der Waals surface area contributed by atoms with Gasteiger partial charge in [-0.3, -0.25) is 10.1 Å². The molecule has 8 heteroatoms. The molecule has 2 aromatic carbocycles. The average Bonchev–Trinajstić information content (AvgIpc) is 2.44. The maximum atomic E-state index is 13.6. The zero-order chi connectivity index (χ0) is 15.6. The van der Waals surface area contributed by atoms with Crippen molar-refractivity contribution in [1.29, 1.82) is 0 Å². The van der Waals surface area contributed by atoms with Crippen LogP contribution in [0.1, 0.15) is 0 Å². The average molecular weight is 297 g/mol. The van der Waals surface area contributed by atoms with Crippen LogP contribution in [-0.4, -0.2) is 12.0 Å². The van der Waals surface area contributed by atoms with Crippen LogP contribution in [0, 0.1) is 27.6 Å². The fourth-order valence-electron chi connectivity index (χ4n) is 1.81. The predicted octanol–water partition coefficient (Wildman–Crippen LogP) is 3.80. The number of nitrogens with one attached hydrogen (secondary N) is 2. The molecule has 0 amide bonds. The quantitative estimate of drug-likeness (QED) is 0.512. The van der Waals surface area contributed by atoms with Gasteiger partial charge in [-0.25, -0.2) is 13.2 Å². The Morgan fingerprint density at radius 1 is 1.00 bits per heavy atom. The van der Waals surface area contributed by atoms with E-state index in [1.807, 2.05) is 0 Å². The van der Waals surface area contributed by atoms with E-state index < -0.39 is 28.1 Å². The van der Waals surface area contributed by atoms with Gasteiger partial charge in [-0.15, -0.1) is 0 Å². The van der Waals surface area contributed by atoms with Gasteiger partial charge in [0.1, 0.15) is 17.2 Å². The van der Waals surface area contributed by atoms with Crippen molar-refractivity contribution in [2.45, 2.75) is 0 Å². The van der Waals surface area contributed by atoms with Crippen molar-refractivity contribution < 1.29 is 18.1 Å². The molecule has 110 valence electrons. The number of anilines is 3. The van der Waals surface area contributed by atoms with Crippen molar-refractivity contribution in [2.75, 3.05) is 17.7 Å². The number of nitro benzene ring substituents is 1. The monoisotopic (exact) mass is 297 g/mol. The standard InChI is InChI=1S/C13H10F3N3O2/c1-17-10-3-2-4-11(13(10)19(20)21)18-12-6-8(15)7(14)5-9(12)16/h2-6,17-18H,1H3. The molecule has 0 saturated heterocycles. The zero-order valence-corrected chi connectivity index (χ0v) is 10.8. The molecule has 0 aromatic heterocycles. The lowest BCUT2D eigenvalue weighted by Crippen LogP contribution is -2.03. The number of hydrogen-bond donors (Lipinski definition) is 2. The Balaban J connectivity index is 2.49. The molecule has 0 radical (unpaired) electrons. The predicted molar refractivity (Wildman–Crippen MR) is 72.2 cm³/mol. The Labute approximate surface area is 117 Å². The van der Waals surface area contributed by atoms with Crippen LogP contribution in [0.4, 0.5) is 35.9 Å². The molecule has 0 spiro atoms. The molecular formula is C13H10F3N3O2. The van der Waals surface area contributed by atoms with Gasteiger partial charge in [-0.05, 0) is 12.1 Å². The minimum absolute atomic E-state index is 0.0447. The second-order valence-electron chi connectivity index (χ2n) is 4.08. The van der Waals surface area contributed by atoms with Gasteiger partial charge >= 0.3 is 5.69 Å². The summed E-state index contributed by atoms with van der Waals surface area (Å²) in [4.78, 5) is 10.4. The van der Waals surface area contributed by atoms with Gasteiger partial charge in [-0.2, -0.15) is 0 Å². The van der Waals surface area contributed by atoms with Crippen molar-refractivity contribution in [1.82, 2.24) is 0 Å². The molecule has 0 aliphatic carbocycles. The Morgan fingerprint density at radius 2 is 1.62 bits per heavy atom. The van der Waals surface area contributed by atoms with Gasteiger partial charge in [0.2, 0.25) is 0 Å². The van der Waals surface area contributed by atoms with Crippen LogP contribution in [0.2, 0.25) is 0 Å². The van der Waals surface area contributed by atoms with Crippen molar-refractivity contribution in [3.63, 3.8) is 0 Å². The molecule has 2 rings (SSSR count). The van der Waals surface area contributed by atoms with E-state index in [0.29, 0.717) is 12.1 Å². The van der Waals surface area contributed by atoms with E-state index in [0.717, 1.165) is 0 Å². The Kier molecular flexibility index (Phi) is 3.97. The normalized spacial score (nSPS) is 10.3. The number of halogens is 3. The van der Waals surface area contributed by atoms with Crippen molar-refractivity contribution in [2.24, 2.45) is 0 Å². The van der Waals surface area contributed by atoms with Crippen molar-refractivity contribution in [3.05, 3.63) is 57.9 Å². The molecular weight excluding hydrogens is 287 g/mol. The number of para-hydroxylation sites is 1. The van der Waals surface area contributed by atoms with Gasteiger partial charge in [0.15, 0.2) is 11.6 Å². The molecule has 0 fully saturated rings. The Bertz CT molecular complexity index is 707. The molecule has 0 saturated carbocycles. The highest BCUT2D eigenvalue weighted by Gasteiger charge is 2.20. The molecule has 0 bridgehead atoms. The maximum Gasteiger partial charge on any atom is 0.315 e. The van der Waals surface area contributed by atoms with Gasteiger partial charge in [0.05, 0.1) is 10.6 Å². The molecule has 0 aliphatic heterocycles. The molecule has 0 unspecified atom stereocenters. The fourth-order valence-corrected chi connectivity index (χ4v) is 1.81. The van der Waals surface area contributed by atoms with Crippen LogP contribution in [0.25, 0.3) is 0 Å². The molecule has 0 atom stereocenters. The first kappa shape index (κ1) is 14.6. The highest BCUT2D eigenvalue weighted by Crippen LogP contribution is 2.35. The second kappa shape index (κ2) is 5.70. The highest BCUT2D eigenvalue weighted by molar-refractivity contribution is 5.79. The summed E-state index contributed by atoms with van der Waals surface area (Å²) in [5.74, 6) is -3.65. The third-order valence-corrected chi connectivity index (χ3v) is 2.77. The van der Waals surface area contributed by atoms with E-state index in [1.165, 1.54) is 25.2 Å². The largest absolute Gasteiger partial charge is 0.382 e. The van der Waals surface area contributed by atoms with Crippen LogP contribution in [0.5, 0.6) is 0 Å². The lowest BCUT2D eigenvalue weighted by molar-refractivity contribution is -0.383. The van der Waals surface area contributed by atoms with E-state index in [2.05, 4.69) is 10.6 Å². The summed E-state index contributed by atoms with van der Waals surface area (Å²) in [5, 5.41) is 16.1. The molecule has 0 heterocycles. The topological polar surface area (TPSA) is 67.2 Å². The second-order valence-corrected chi connectivity index (χ2v) is 4.08. The highest BCUT2D eigenvalue weighted by atomic mass is 19.2. The van der Waals surface area contributed by atoms with Crippen molar-refractivity contribution >= 4 is 22.7 Å². The molecule has 5 nitrogen and oxygen atoms in total.